The van der Waals surface area contributed by atoms with Gasteiger partial charge in [0.05, 0.1) is 13.7 Å². The van der Waals surface area contributed by atoms with E-state index in [0.717, 1.165) is 5.56 Å². The van der Waals surface area contributed by atoms with Gasteiger partial charge in [-0.25, -0.2) is 9.59 Å². The summed E-state index contributed by atoms with van der Waals surface area (Å²) in [5, 5.41) is 9.70. The molecule has 0 heterocycles. The third kappa shape index (κ3) is 7.20. The summed E-state index contributed by atoms with van der Waals surface area (Å²) in [7, 11) is 1.57. The van der Waals surface area contributed by atoms with Crippen molar-refractivity contribution < 1.29 is 19.2 Å². The van der Waals surface area contributed by atoms with Gasteiger partial charge in [-0.05, 0) is 55.5 Å². The molecule has 192 valence electrons. The number of ether oxygens (including phenoxy) is 1. The summed E-state index contributed by atoms with van der Waals surface area (Å²) in [6, 6.07) is 32.5. The van der Waals surface area contributed by atoms with E-state index >= 15 is 0 Å². The highest BCUT2D eigenvalue weighted by Gasteiger charge is 2.20. The summed E-state index contributed by atoms with van der Waals surface area (Å²) in [5.41, 5.74) is 4.00. The van der Waals surface area contributed by atoms with Crippen LogP contribution < -0.4 is 20.3 Å². The number of hydrogen-bond acceptors (Lipinski definition) is 5. The van der Waals surface area contributed by atoms with Crippen LogP contribution in [0.1, 0.15) is 11.1 Å². The highest BCUT2D eigenvalue weighted by molar-refractivity contribution is 6.10. The number of methoxy groups -OCH3 is 1. The van der Waals surface area contributed by atoms with Gasteiger partial charge in [0.1, 0.15) is 11.5 Å². The Morgan fingerprint density at radius 2 is 1.37 bits per heavy atom. The first-order valence-electron chi connectivity index (χ1n) is 12.0. The predicted molar refractivity (Wildman–Crippen MR) is 150 cm³/mol. The minimum absolute atomic E-state index is 0.0432. The maximum Gasteiger partial charge on any atom is 0.437 e. The fraction of sp³-hybridized carbons (Fsp3) is 0.100. The molecule has 0 bridgehead atoms. The van der Waals surface area contributed by atoms with Crippen molar-refractivity contribution >= 4 is 34.9 Å². The fourth-order valence-electron chi connectivity index (χ4n) is 3.58. The average molecular weight is 509 g/mol. The first kappa shape index (κ1) is 26.0. The third-order valence-corrected chi connectivity index (χ3v) is 5.61. The van der Waals surface area contributed by atoms with E-state index in [0.29, 0.717) is 34.1 Å². The molecule has 0 atom stereocenters. The van der Waals surface area contributed by atoms with Gasteiger partial charge < -0.3 is 10.1 Å². The van der Waals surface area contributed by atoms with Crippen LogP contribution in [-0.2, 0) is 4.84 Å². The Balaban J connectivity index is 1.59. The molecule has 3 amide bonds. The summed E-state index contributed by atoms with van der Waals surface area (Å²) in [5.74, 6) is 0.665. The first-order chi connectivity index (χ1) is 18.5. The van der Waals surface area contributed by atoms with Crippen LogP contribution in [0.2, 0.25) is 0 Å². The SMILES string of the molecule is COc1ccc(NC(=O)O/N=C(/CN(C(=O)Nc2ccccc2)c2ccc(C)cc2)c2ccccc2)cc1. The van der Waals surface area contributed by atoms with Gasteiger partial charge in [0.15, 0.2) is 0 Å². The van der Waals surface area contributed by atoms with Gasteiger partial charge in [-0.1, -0.05) is 71.4 Å². The minimum Gasteiger partial charge on any atom is -0.497 e. The maximum absolute atomic E-state index is 13.4. The largest absolute Gasteiger partial charge is 0.497 e. The van der Waals surface area contributed by atoms with Crippen molar-refractivity contribution in [2.45, 2.75) is 6.92 Å². The lowest BCUT2D eigenvalue weighted by molar-refractivity contribution is 0.166. The molecule has 8 heteroatoms. The van der Waals surface area contributed by atoms with Crippen LogP contribution in [0.4, 0.5) is 26.7 Å². The molecule has 0 aliphatic carbocycles. The zero-order valence-corrected chi connectivity index (χ0v) is 21.1. The van der Waals surface area contributed by atoms with Gasteiger partial charge in [0, 0.05) is 22.6 Å². The van der Waals surface area contributed by atoms with Gasteiger partial charge >= 0.3 is 12.1 Å². The molecule has 0 saturated heterocycles. The summed E-state index contributed by atoms with van der Waals surface area (Å²) in [6.45, 7) is 2.02. The van der Waals surface area contributed by atoms with Crippen molar-refractivity contribution in [3.8, 4) is 5.75 Å². The molecular formula is C30H28N4O4. The van der Waals surface area contributed by atoms with Crippen molar-refractivity contribution in [3.63, 3.8) is 0 Å². The van der Waals surface area contributed by atoms with Gasteiger partial charge in [0.25, 0.3) is 0 Å². The maximum atomic E-state index is 13.4. The van der Waals surface area contributed by atoms with Gasteiger partial charge in [-0.15, -0.1) is 0 Å². The van der Waals surface area contributed by atoms with Gasteiger partial charge in [-0.2, -0.15) is 0 Å². The smallest absolute Gasteiger partial charge is 0.437 e. The average Bonchev–Trinajstić information content (AvgIpc) is 2.95. The zero-order valence-electron chi connectivity index (χ0n) is 21.1. The summed E-state index contributed by atoms with van der Waals surface area (Å²) < 4.78 is 5.14. The Labute approximate surface area is 221 Å². The molecule has 0 radical (unpaired) electrons. The van der Waals surface area contributed by atoms with E-state index in [-0.39, 0.29) is 12.6 Å². The second-order valence-corrected chi connectivity index (χ2v) is 8.35. The van der Waals surface area contributed by atoms with Crippen LogP contribution in [0.25, 0.3) is 0 Å². The predicted octanol–water partition coefficient (Wildman–Crippen LogP) is 6.70. The molecule has 8 nitrogen and oxygen atoms in total. The lowest BCUT2D eigenvalue weighted by atomic mass is 10.1. The fourth-order valence-corrected chi connectivity index (χ4v) is 3.58. The van der Waals surface area contributed by atoms with Crippen molar-refractivity contribution in [2.24, 2.45) is 5.16 Å². The lowest BCUT2D eigenvalue weighted by Crippen LogP contribution is -2.39. The Bertz CT molecular complexity index is 1370. The molecule has 0 fully saturated rings. The number of nitrogens with one attached hydrogen (secondary N) is 2. The Hall–Kier alpha value is -5.11. The number of carbonyl (C=O) groups is 2. The second-order valence-electron chi connectivity index (χ2n) is 8.35. The summed E-state index contributed by atoms with van der Waals surface area (Å²) >= 11 is 0. The number of urea groups is 1. The summed E-state index contributed by atoms with van der Waals surface area (Å²) in [6.07, 6.45) is -0.765. The van der Waals surface area contributed by atoms with E-state index in [9.17, 15) is 9.59 Å². The number of benzene rings is 4. The van der Waals surface area contributed by atoms with E-state index in [2.05, 4.69) is 15.8 Å². The zero-order chi connectivity index (χ0) is 26.7. The van der Waals surface area contributed by atoms with Gasteiger partial charge in [-0.3, -0.25) is 15.1 Å². The van der Waals surface area contributed by atoms with E-state index < -0.39 is 6.09 Å². The Kier molecular flexibility index (Phi) is 8.70. The van der Waals surface area contributed by atoms with E-state index in [1.807, 2.05) is 91.9 Å². The number of para-hydroxylation sites is 1. The molecular weight excluding hydrogens is 480 g/mol. The second kappa shape index (κ2) is 12.7. The van der Waals surface area contributed by atoms with Crippen LogP contribution in [-0.4, -0.2) is 31.5 Å². The van der Waals surface area contributed by atoms with Crippen LogP contribution in [0.3, 0.4) is 0 Å². The molecule has 4 rings (SSSR count). The van der Waals surface area contributed by atoms with Crippen molar-refractivity contribution in [2.75, 3.05) is 29.2 Å². The summed E-state index contributed by atoms with van der Waals surface area (Å²) in [4.78, 5) is 32.7. The molecule has 0 aromatic heterocycles. The first-order valence-corrected chi connectivity index (χ1v) is 12.0. The Morgan fingerprint density at radius 3 is 2.00 bits per heavy atom. The van der Waals surface area contributed by atoms with Crippen molar-refractivity contribution in [1.29, 1.82) is 0 Å². The number of oxime groups is 1. The Morgan fingerprint density at radius 1 is 0.763 bits per heavy atom. The molecule has 38 heavy (non-hydrogen) atoms. The molecule has 0 saturated carbocycles. The quantitative estimate of drug-likeness (QED) is 0.157. The van der Waals surface area contributed by atoms with Crippen molar-refractivity contribution in [1.82, 2.24) is 0 Å². The van der Waals surface area contributed by atoms with Crippen molar-refractivity contribution in [3.05, 3.63) is 120 Å². The molecule has 0 aliphatic heterocycles. The number of aryl methyl sites for hydroxylation is 1. The number of rotatable bonds is 8. The van der Waals surface area contributed by atoms with Crippen LogP contribution in [0.15, 0.2) is 114 Å². The number of hydrogen-bond donors (Lipinski definition) is 2. The minimum atomic E-state index is -0.765. The third-order valence-electron chi connectivity index (χ3n) is 5.61. The molecule has 2 N–H and O–H groups in total. The normalized spacial score (nSPS) is 10.8. The highest BCUT2D eigenvalue weighted by atomic mass is 16.7. The molecule has 4 aromatic rings. The number of carbonyl (C=O) groups excluding carboxylic acids is 2. The van der Waals surface area contributed by atoms with E-state index in [1.54, 1.807) is 36.3 Å². The molecule has 4 aromatic carbocycles. The molecule has 0 unspecified atom stereocenters. The number of anilines is 3. The topological polar surface area (TPSA) is 92.3 Å². The standard InChI is InChI=1S/C30H28N4O4/c1-22-13-17-26(18-14-22)34(29(35)31-24-11-7-4-8-12-24)21-28(23-9-5-3-6-10-23)33-38-30(36)32-25-15-19-27(37-2)20-16-25/h3-20H,21H2,1-2H3,(H,31,35)(H,32,36)/b33-28-. The van der Waals surface area contributed by atoms with Crippen LogP contribution >= 0.6 is 0 Å². The van der Waals surface area contributed by atoms with Crippen LogP contribution in [0.5, 0.6) is 5.75 Å². The molecule has 0 aliphatic rings. The highest BCUT2D eigenvalue weighted by Crippen LogP contribution is 2.19. The van der Waals surface area contributed by atoms with E-state index in [4.69, 9.17) is 9.57 Å². The van der Waals surface area contributed by atoms with Crippen LogP contribution in [0, 0.1) is 6.92 Å². The number of amides is 3. The number of nitrogens with zero attached hydrogens (tertiary/aromatic N) is 2. The molecule has 0 spiro atoms. The lowest BCUT2D eigenvalue weighted by Gasteiger charge is -2.24. The van der Waals surface area contributed by atoms with E-state index in [1.165, 1.54) is 0 Å². The monoisotopic (exact) mass is 508 g/mol. The van der Waals surface area contributed by atoms with Gasteiger partial charge in [0.2, 0.25) is 0 Å².